The number of hydrogen-bond donors (Lipinski definition) is 1. The number of carbonyl (C=O) groups is 1. The van der Waals surface area contributed by atoms with E-state index in [0.29, 0.717) is 31.3 Å². The number of benzene rings is 2. The molecule has 1 atom stereocenters. The number of rotatable bonds is 8. The first-order valence-corrected chi connectivity index (χ1v) is 13.0. The number of hydrogen-bond acceptors (Lipinski definition) is 6. The number of imidazole rings is 1. The zero-order valence-corrected chi connectivity index (χ0v) is 21.8. The van der Waals surface area contributed by atoms with Gasteiger partial charge in [-0.15, -0.1) is 0 Å². The number of piperidine rings is 1. The van der Waals surface area contributed by atoms with E-state index < -0.39 is 0 Å². The summed E-state index contributed by atoms with van der Waals surface area (Å²) in [6.07, 6.45) is 5.64. The first-order valence-electron chi connectivity index (χ1n) is 12.2. The molecule has 3 heterocycles. The third-order valence-electron chi connectivity index (χ3n) is 6.54. The molecule has 1 unspecified atom stereocenters. The largest absolute Gasteiger partial charge is 0.352 e. The Labute approximate surface area is 218 Å². The third-order valence-corrected chi connectivity index (χ3v) is 7.07. The SMILES string of the molecule is Cc1nccn1Cc1cccc(CNC(=O)C2CCCN(Cc3nc(-c4ccc(Br)cc4)no3)C2)c1. The van der Waals surface area contributed by atoms with Crippen molar-refractivity contribution in [1.29, 1.82) is 0 Å². The van der Waals surface area contributed by atoms with E-state index in [4.69, 9.17) is 4.52 Å². The molecule has 1 saturated heterocycles. The van der Waals surface area contributed by atoms with Gasteiger partial charge in [0.05, 0.1) is 12.5 Å². The monoisotopic (exact) mass is 548 g/mol. The number of likely N-dealkylation sites (tertiary alicyclic amines) is 1. The molecule has 0 aliphatic carbocycles. The molecule has 1 aliphatic heterocycles. The number of amides is 1. The number of nitrogens with zero attached hydrogens (tertiary/aromatic N) is 5. The molecular weight excluding hydrogens is 520 g/mol. The van der Waals surface area contributed by atoms with Crippen LogP contribution in [-0.4, -0.2) is 43.6 Å². The number of nitrogens with one attached hydrogen (secondary N) is 1. The zero-order valence-electron chi connectivity index (χ0n) is 20.2. The summed E-state index contributed by atoms with van der Waals surface area (Å²) >= 11 is 3.44. The summed E-state index contributed by atoms with van der Waals surface area (Å²) in [4.78, 5) is 24.0. The molecule has 1 aliphatic rings. The number of halogens is 1. The van der Waals surface area contributed by atoms with Crippen molar-refractivity contribution >= 4 is 21.8 Å². The summed E-state index contributed by atoms with van der Waals surface area (Å²) in [6.45, 7) is 5.42. The highest BCUT2D eigenvalue weighted by Crippen LogP contribution is 2.22. The van der Waals surface area contributed by atoms with Crippen LogP contribution in [0.1, 0.15) is 35.7 Å². The average molecular weight is 549 g/mol. The predicted octanol–water partition coefficient (Wildman–Crippen LogP) is 4.58. The van der Waals surface area contributed by atoms with Crippen LogP contribution in [0, 0.1) is 12.8 Å². The molecule has 0 radical (unpaired) electrons. The lowest BCUT2D eigenvalue weighted by atomic mass is 9.97. The van der Waals surface area contributed by atoms with E-state index in [9.17, 15) is 4.79 Å². The van der Waals surface area contributed by atoms with E-state index in [1.165, 1.54) is 5.56 Å². The lowest BCUT2D eigenvalue weighted by Crippen LogP contribution is -2.42. The van der Waals surface area contributed by atoms with Gasteiger partial charge in [0.15, 0.2) is 0 Å². The van der Waals surface area contributed by atoms with Crippen molar-refractivity contribution < 1.29 is 9.32 Å². The summed E-state index contributed by atoms with van der Waals surface area (Å²) in [5.74, 6) is 2.18. The normalized spacial score (nSPS) is 16.2. The second-order valence-corrected chi connectivity index (χ2v) is 10.1. The van der Waals surface area contributed by atoms with Gasteiger partial charge in [-0.2, -0.15) is 4.98 Å². The van der Waals surface area contributed by atoms with Gasteiger partial charge in [-0.3, -0.25) is 9.69 Å². The summed E-state index contributed by atoms with van der Waals surface area (Å²) in [5.41, 5.74) is 3.19. The van der Waals surface area contributed by atoms with E-state index >= 15 is 0 Å². The zero-order chi connectivity index (χ0) is 24.9. The Morgan fingerprint density at radius 3 is 2.81 bits per heavy atom. The number of carbonyl (C=O) groups excluding carboxylic acids is 1. The Morgan fingerprint density at radius 1 is 1.17 bits per heavy atom. The van der Waals surface area contributed by atoms with Crippen LogP contribution in [0.25, 0.3) is 11.4 Å². The van der Waals surface area contributed by atoms with Gasteiger partial charge in [-0.25, -0.2) is 4.98 Å². The maximum atomic E-state index is 13.0. The fraction of sp³-hybridized carbons (Fsp3) is 0.333. The molecule has 5 rings (SSSR count). The molecule has 36 heavy (non-hydrogen) atoms. The minimum atomic E-state index is -0.0515. The highest BCUT2D eigenvalue weighted by atomic mass is 79.9. The van der Waals surface area contributed by atoms with Crippen LogP contribution in [-0.2, 0) is 24.4 Å². The maximum Gasteiger partial charge on any atom is 0.241 e. The van der Waals surface area contributed by atoms with Crippen molar-refractivity contribution in [1.82, 2.24) is 29.9 Å². The summed E-state index contributed by atoms with van der Waals surface area (Å²) in [5, 5.41) is 7.26. The van der Waals surface area contributed by atoms with Gasteiger partial charge in [-0.05, 0) is 61.7 Å². The second-order valence-electron chi connectivity index (χ2n) is 9.23. The molecular formula is C27H29BrN6O2. The lowest BCUT2D eigenvalue weighted by molar-refractivity contribution is -0.127. The standard InChI is InChI=1S/C27H29BrN6O2/c1-19-29-11-13-34(19)16-21-5-2-4-20(14-21)15-30-27(35)23-6-3-12-33(17-23)18-25-31-26(32-36-25)22-7-9-24(28)10-8-22/h2,4-5,7-11,13-14,23H,3,6,12,15-18H2,1H3,(H,30,35). The van der Waals surface area contributed by atoms with E-state index in [1.807, 2.05) is 49.6 Å². The van der Waals surface area contributed by atoms with E-state index in [-0.39, 0.29) is 11.8 Å². The highest BCUT2D eigenvalue weighted by Gasteiger charge is 2.27. The van der Waals surface area contributed by atoms with Crippen molar-refractivity contribution in [3.05, 3.63) is 88.2 Å². The molecule has 1 N–H and O–H groups in total. The second kappa shape index (κ2) is 11.2. The smallest absolute Gasteiger partial charge is 0.241 e. The maximum absolute atomic E-state index is 13.0. The van der Waals surface area contributed by atoms with Crippen molar-refractivity contribution in [3.63, 3.8) is 0 Å². The Bertz CT molecular complexity index is 1320. The number of aromatic nitrogens is 4. The molecule has 4 aromatic rings. The first-order chi connectivity index (χ1) is 17.5. The fourth-order valence-corrected chi connectivity index (χ4v) is 4.84. The number of aryl methyl sites for hydroxylation is 1. The van der Waals surface area contributed by atoms with E-state index in [0.717, 1.165) is 47.4 Å². The highest BCUT2D eigenvalue weighted by molar-refractivity contribution is 9.10. The Hall–Kier alpha value is -3.30. The fourth-order valence-electron chi connectivity index (χ4n) is 4.58. The van der Waals surface area contributed by atoms with Gasteiger partial charge in [-0.1, -0.05) is 45.4 Å². The Morgan fingerprint density at radius 2 is 2.00 bits per heavy atom. The van der Waals surface area contributed by atoms with Crippen LogP contribution in [0.15, 0.2) is 69.9 Å². The quantitative estimate of drug-likeness (QED) is 0.346. The molecule has 186 valence electrons. The average Bonchev–Trinajstić information content (AvgIpc) is 3.52. The van der Waals surface area contributed by atoms with Crippen molar-refractivity contribution in [2.24, 2.45) is 5.92 Å². The van der Waals surface area contributed by atoms with Gasteiger partial charge in [0.1, 0.15) is 5.82 Å². The van der Waals surface area contributed by atoms with Gasteiger partial charge in [0.25, 0.3) is 0 Å². The van der Waals surface area contributed by atoms with Crippen molar-refractivity contribution in [2.75, 3.05) is 13.1 Å². The van der Waals surface area contributed by atoms with Crippen LogP contribution >= 0.6 is 15.9 Å². The van der Waals surface area contributed by atoms with Crippen LogP contribution in [0.4, 0.5) is 0 Å². The Kier molecular flexibility index (Phi) is 7.58. The molecule has 0 saturated carbocycles. The minimum Gasteiger partial charge on any atom is -0.352 e. The van der Waals surface area contributed by atoms with Crippen LogP contribution < -0.4 is 5.32 Å². The van der Waals surface area contributed by atoms with Crippen molar-refractivity contribution in [3.8, 4) is 11.4 Å². The molecule has 2 aromatic carbocycles. The van der Waals surface area contributed by atoms with Crippen LogP contribution in [0.5, 0.6) is 0 Å². The van der Waals surface area contributed by atoms with Gasteiger partial charge in [0, 0.05) is 42.1 Å². The third kappa shape index (κ3) is 6.09. The van der Waals surface area contributed by atoms with Gasteiger partial charge >= 0.3 is 0 Å². The molecule has 1 amide bonds. The Balaban J connectivity index is 1.13. The molecule has 0 bridgehead atoms. The first kappa shape index (κ1) is 24.4. The molecule has 9 heteroatoms. The van der Waals surface area contributed by atoms with Crippen LogP contribution in [0.2, 0.25) is 0 Å². The molecule has 2 aromatic heterocycles. The van der Waals surface area contributed by atoms with Gasteiger partial charge < -0.3 is 14.4 Å². The van der Waals surface area contributed by atoms with Crippen LogP contribution in [0.3, 0.4) is 0 Å². The topological polar surface area (TPSA) is 89.1 Å². The predicted molar refractivity (Wildman–Crippen MR) is 140 cm³/mol. The van der Waals surface area contributed by atoms with Crippen molar-refractivity contribution in [2.45, 2.75) is 39.4 Å². The van der Waals surface area contributed by atoms with Gasteiger partial charge in [0.2, 0.25) is 17.6 Å². The summed E-state index contributed by atoms with van der Waals surface area (Å²) in [7, 11) is 0. The lowest BCUT2D eigenvalue weighted by Gasteiger charge is -2.30. The minimum absolute atomic E-state index is 0.0515. The summed E-state index contributed by atoms with van der Waals surface area (Å²) < 4.78 is 8.60. The molecule has 8 nitrogen and oxygen atoms in total. The summed E-state index contributed by atoms with van der Waals surface area (Å²) in [6, 6.07) is 16.2. The van der Waals surface area contributed by atoms with E-state index in [1.54, 1.807) is 0 Å². The van der Waals surface area contributed by atoms with E-state index in [2.05, 4.69) is 64.0 Å². The molecule has 0 spiro atoms. The molecule has 1 fully saturated rings.